The lowest BCUT2D eigenvalue weighted by Crippen LogP contribution is -2.23. The maximum absolute atomic E-state index is 11.6. The SMILES string of the molecule is O=C(NCc1nn[nH]n1)c1ccc(O)cc1O. The van der Waals surface area contributed by atoms with Crippen LogP contribution in [0, 0.1) is 0 Å². The molecule has 0 unspecified atom stereocenters. The maximum Gasteiger partial charge on any atom is 0.255 e. The smallest absolute Gasteiger partial charge is 0.255 e. The summed E-state index contributed by atoms with van der Waals surface area (Å²) in [5.41, 5.74) is 0.0614. The summed E-state index contributed by atoms with van der Waals surface area (Å²) in [6, 6.07) is 3.71. The molecule has 0 radical (unpaired) electrons. The fourth-order valence-electron chi connectivity index (χ4n) is 1.22. The Morgan fingerprint density at radius 1 is 1.41 bits per heavy atom. The van der Waals surface area contributed by atoms with Crippen molar-refractivity contribution in [3.63, 3.8) is 0 Å². The summed E-state index contributed by atoms with van der Waals surface area (Å²) in [5.74, 6) is -0.572. The minimum absolute atomic E-state index is 0.0614. The summed E-state index contributed by atoms with van der Waals surface area (Å²) in [4.78, 5) is 11.6. The van der Waals surface area contributed by atoms with E-state index in [1.54, 1.807) is 0 Å². The topological polar surface area (TPSA) is 124 Å². The second-order valence-corrected chi connectivity index (χ2v) is 3.21. The van der Waals surface area contributed by atoms with Crippen LogP contribution >= 0.6 is 0 Å². The predicted molar refractivity (Wildman–Crippen MR) is 55.1 cm³/mol. The van der Waals surface area contributed by atoms with Crippen molar-refractivity contribution in [1.29, 1.82) is 0 Å². The molecule has 8 heteroatoms. The van der Waals surface area contributed by atoms with E-state index in [9.17, 15) is 9.90 Å². The van der Waals surface area contributed by atoms with Crippen LogP contribution in [0.3, 0.4) is 0 Å². The highest BCUT2D eigenvalue weighted by atomic mass is 16.3. The first-order valence-corrected chi connectivity index (χ1v) is 4.69. The Kier molecular flexibility index (Phi) is 2.86. The molecule has 0 saturated carbocycles. The number of nitrogens with one attached hydrogen (secondary N) is 2. The number of rotatable bonds is 3. The van der Waals surface area contributed by atoms with Gasteiger partial charge in [-0.3, -0.25) is 4.79 Å². The van der Waals surface area contributed by atoms with Crippen LogP contribution in [-0.2, 0) is 6.54 Å². The van der Waals surface area contributed by atoms with Crippen LogP contribution in [0.15, 0.2) is 18.2 Å². The standard InChI is InChI=1S/C9H9N5O3/c15-5-1-2-6(7(16)3-5)9(17)10-4-8-11-13-14-12-8/h1-3,15-16H,4H2,(H,10,17)(H,11,12,13,14). The van der Waals surface area contributed by atoms with E-state index in [1.165, 1.54) is 12.1 Å². The van der Waals surface area contributed by atoms with Crippen LogP contribution in [0.4, 0.5) is 0 Å². The Morgan fingerprint density at radius 2 is 2.24 bits per heavy atom. The first-order valence-electron chi connectivity index (χ1n) is 4.69. The molecule has 0 spiro atoms. The summed E-state index contributed by atoms with van der Waals surface area (Å²) in [6.45, 7) is 0.0929. The van der Waals surface area contributed by atoms with Crippen LogP contribution in [0.25, 0.3) is 0 Å². The van der Waals surface area contributed by atoms with Gasteiger partial charge in [0.15, 0.2) is 5.82 Å². The second kappa shape index (κ2) is 4.47. The van der Waals surface area contributed by atoms with E-state index in [2.05, 4.69) is 25.9 Å². The second-order valence-electron chi connectivity index (χ2n) is 3.21. The van der Waals surface area contributed by atoms with Gasteiger partial charge in [0.25, 0.3) is 5.91 Å². The van der Waals surface area contributed by atoms with E-state index in [0.717, 1.165) is 6.07 Å². The number of hydrogen-bond acceptors (Lipinski definition) is 6. The molecule has 1 aromatic heterocycles. The molecule has 88 valence electrons. The Morgan fingerprint density at radius 3 is 2.88 bits per heavy atom. The summed E-state index contributed by atoms with van der Waals surface area (Å²) < 4.78 is 0. The number of H-pyrrole nitrogens is 1. The molecule has 0 aliphatic rings. The van der Waals surface area contributed by atoms with Crippen molar-refractivity contribution in [3.8, 4) is 11.5 Å². The summed E-state index contributed by atoms with van der Waals surface area (Å²) >= 11 is 0. The number of phenolic OH excluding ortho intramolecular Hbond substituents is 2. The first-order chi connectivity index (χ1) is 8.16. The molecule has 1 heterocycles. The molecule has 2 rings (SSSR count). The highest BCUT2D eigenvalue weighted by molar-refractivity contribution is 5.96. The van der Waals surface area contributed by atoms with E-state index in [-0.39, 0.29) is 23.6 Å². The molecule has 0 atom stereocenters. The Hall–Kier alpha value is -2.64. The third-order valence-corrected chi connectivity index (χ3v) is 2.02. The van der Waals surface area contributed by atoms with E-state index in [1.807, 2.05) is 0 Å². The van der Waals surface area contributed by atoms with Crippen LogP contribution in [0.1, 0.15) is 16.2 Å². The van der Waals surface area contributed by atoms with Gasteiger partial charge in [-0.1, -0.05) is 5.21 Å². The lowest BCUT2D eigenvalue weighted by molar-refractivity contribution is 0.0947. The highest BCUT2D eigenvalue weighted by Gasteiger charge is 2.11. The fourth-order valence-corrected chi connectivity index (χ4v) is 1.22. The number of aromatic hydroxyl groups is 2. The Bertz CT molecular complexity index is 525. The number of phenols is 2. The summed E-state index contributed by atoms with van der Waals surface area (Å²) in [6.07, 6.45) is 0. The van der Waals surface area contributed by atoms with Gasteiger partial charge in [-0.2, -0.15) is 5.21 Å². The minimum Gasteiger partial charge on any atom is -0.508 e. The van der Waals surface area contributed by atoms with E-state index >= 15 is 0 Å². The first kappa shape index (κ1) is 10.9. The maximum atomic E-state index is 11.6. The van der Waals surface area contributed by atoms with Crippen LogP contribution in [0.2, 0.25) is 0 Å². The molecule has 17 heavy (non-hydrogen) atoms. The number of hydrogen-bond donors (Lipinski definition) is 4. The van der Waals surface area contributed by atoms with Crippen molar-refractivity contribution in [2.45, 2.75) is 6.54 Å². The van der Waals surface area contributed by atoms with Crippen molar-refractivity contribution in [2.75, 3.05) is 0 Å². The van der Waals surface area contributed by atoms with Gasteiger partial charge in [-0.15, -0.1) is 10.2 Å². The Balaban J connectivity index is 2.04. The average Bonchev–Trinajstić information content (AvgIpc) is 2.78. The van der Waals surface area contributed by atoms with Crippen molar-refractivity contribution in [1.82, 2.24) is 25.9 Å². The molecule has 1 aromatic carbocycles. The van der Waals surface area contributed by atoms with E-state index in [0.29, 0.717) is 5.82 Å². The van der Waals surface area contributed by atoms with Crippen molar-refractivity contribution in [3.05, 3.63) is 29.6 Å². The monoisotopic (exact) mass is 235 g/mol. The molecule has 8 nitrogen and oxygen atoms in total. The van der Waals surface area contributed by atoms with Crippen molar-refractivity contribution >= 4 is 5.91 Å². The quantitative estimate of drug-likeness (QED) is 0.570. The highest BCUT2D eigenvalue weighted by Crippen LogP contribution is 2.22. The number of benzene rings is 1. The van der Waals surface area contributed by atoms with Gasteiger partial charge in [0.05, 0.1) is 12.1 Å². The third kappa shape index (κ3) is 2.48. The molecular weight excluding hydrogens is 226 g/mol. The average molecular weight is 235 g/mol. The zero-order valence-corrected chi connectivity index (χ0v) is 8.58. The lowest BCUT2D eigenvalue weighted by atomic mass is 10.2. The molecule has 4 N–H and O–H groups in total. The number of carbonyl (C=O) groups is 1. The zero-order chi connectivity index (χ0) is 12.3. The largest absolute Gasteiger partial charge is 0.508 e. The number of tetrazole rings is 1. The molecule has 2 aromatic rings. The van der Waals surface area contributed by atoms with E-state index in [4.69, 9.17) is 5.11 Å². The molecule has 0 fully saturated rings. The van der Waals surface area contributed by atoms with Gasteiger partial charge in [-0.05, 0) is 12.1 Å². The normalized spacial score (nSPS) is 10.1. The number of nitrogens with zero attached hydrogens (tertiary/aromatic N) is 3. The predicted octanol–water partition coefficient (Wildman–Crippen LogP) is -0.459. The zero-order valence-electron chi connectivity index (χ0n) is 8.58. The molecule has 0 saturated heterocycles. The minimum atomic E-state index is -0.493. The van der Waals surface area contributed by atoms with Gasteiger partial charge in [0.2, 0.25) is 0 Å². The van der Waals surface area contributed by atoms with Crippen LogP contribution in [-0.4, -0.2) is 36.7 Å². The van der Waals surface area contributed by atoms with Crippen LogP contribution in [0.5, 0.6) is 11.5 Å². The van der Waals surface area contributed by atoms with Gasteiger partial charge in [0.1, 0.15) is 11.5 Å². The molecule has 0 aliphatic carbocycles. The molecule has 0 aliphatic heterocycles. The van der Waals surface area contributed by atoms with Crippen LogP contribution < -0.4 is 5.32 Å². The Labute approximate surface area is 95.3 Å². The lowest BCUT2D eigenvalue weighted by Gasteiger charge is -2.04. The number of aromatic amines is 1. The van der Waals surface area contributed by atoms with Crippen molar-refractivity contribution in [2.24, 2.45) is 0 Å². The van der Waals surface area contributed by atoms with Gasteiger partial charge >= 0.3 is 0 Å². The summed E-state index contributed by atoms with van der Waals surface area (Å²) in [7, 11) is 0. The van der Waals surface area contributed by atoms with E-state index < -0.39 is 5.91 Å². The van der Waals surface area contributed by atoms with Gasteiger partial charge < -0.3 is 15.5 Å². The molecular formula is C9H9N5O3. The summed E-state index contributed by atoms with van der Waals surface area (Å²) in [5, 5.41) is 33.9. The number of carbonyl (C=O) groups excluding carboxylic acids is 1. The number of amides is 1. The molecule has 1 amide bonds. The third-order valence-electron chi connectivity index (χ3n) is 2.02. The number of aromatic nitrogens is 4. The molecule has 0 bridgehead atoms. The van der Waals surface area contributed by atoms with Gasteiger partial charge in [0, 0.05) is 6.07 Å². The van der Waals surface area contributed by atoms with Crippen molar-refractivity contribution < 1.29 is 15.0 Å². The van der Waals surface area contributed by atoms with Gasteiger partial charge in [-0.25, -0.2) is 0 Å². The fraction of sp³-hybridized carbons (Fsp3) is 0.111.